The molecule has 0 aromatic carbocycles. The lowest BCUT2D eigenvalue weighted by atomic mass is 10.1. The summed E-state index contributed by atoms with van der Waals surface area (Å²) in [5, 5.41) is 2.24. The zero-order chi connectivity index (χ0) is 9.14. The van der Waals surface area contributed by atoms with Gasteiger partial charge in [-0.1, -0.05) is 0 Å². The second kappa shape index (κ2) is 3.21. The quantitative estimate of drug-likeness (QED) is 0.416. The SMILES string of the molecule is NC(=O)CCC1NC(=O)OC1=O. The van der Waals surface area contributed by atoms with Crippen molar-refractivity contribution in [2.75, 3.05) is 0 Å². The Morgan fingerprint density at radius 1 is 1.58 bits per heavy atom. The van der Waals surface area contributed by atoms with Crippen molar-refractivity contribution in [2.24, 2.45) is 5.73 Å². The largest absolute Gasteiger partial charge is 0.415 e. The zero-order valence-electron chi connectivity index (χ0n) is 6.20. The Hall–Kier alpha value is -1.59. The van der Waals surface area contributed by atoms with Gasteiger partial charge in [-0.15, -0.1) is 0 Å². The van der Waals surface area contributed by atoms with Crippen LogP contribution in [0.4, 0.5) is 4.79 Å². The number of hydrogen-bond acceptors (Lipinski definition) is 4. The number of esters is 1. The number of rotatable bonds is 3. The summed E-state index contributed by atoms with van der Waals surface area (Å²) in [5.41, 5.74) is 4.85. The van der Waals surface area contributed by atoms with Crippen LogP contribution in [0.5, 0.6) is 0 Å². The van der Waals surface area contributed by atoms with Crippen molar-refractivity contribution in [3.05, 3.63) is 0 Å². The molecule has 0 aromatic heterocycles. The van der Waals surface area contributed by atoms with Crippen molar-refractivity contribution < 1.29 is 19.1 Å². The number of nitrogens with one attached hydrogen (secondary N) is 1. The molecule has 6 nitrogen and oxygen atoms in total. The average Bonchev–Trinajstić information content (AvgIpc) is 2.26. The van der Waals surface area contributed by atoms with Crippen molar-refractivity contribution in [1.82, 2.24) is 5.32 Å². The molecule has 1 aliphatic rings. The maximum Gasteiger partial charge on any atom is 0.415 e. The first-order valence-corrected chi connectivity index (χ1v) is 3.40. The van der Waals surface area contributed by atoms with Gasteiger partial charge in [0.2, 0.25) is 5.91 Å². The highest BCUT2D eigenvalue weighted by Crippen LogP contribution is 2.05. The molecular weight excluding hydrogens is 164 g/mol. The van der Waals surface area contributed by atoms with E-state index in [1.165, 1.54) is 0 Å². The molecule has 1 saturated heterocycles. The molecule has 3 N–H and O–H groups in total. The Bertz CT molecular complexity index is 238. The van der Waals surface area contributed by atoms with Crippen LogP contribution >= 0.6 is 0 Å². The Kier molecular flexibility index (Phi) is 2.27. The molecule has 0 spiro atoms. The van der Waals surface area contributed by atoms with Crippen LogP contribution in [0.3, 0.4) is 0 Å². The van der Waals surface area contributed by atoms with Crippen LogP contribution in [0.1, 0.15) is 12.8 Å². The fraction of sp³-hybridized carbons (Fsp3) is 0.500. The number of carbonyl (C=O) groups is 3. The molecule has 2 amide bonds. The second-order valence-corrected chi connectivity index (χ2v) is 2.41. The van der Waals surface area contributed by atoms with Crippen molar-refractivity contribution >= 4 is 18.0 Å². The number of ether oxygens (including phenoxy) is 1. The lowest BCUT2D eigenvalue weighted by Crippen LogP contribution is -2.30. The minimum atomic E-state index is -0.769. The van der Waals surface area contributed by atoms with E-state index < -0.39 is 24.0 Å². The summed E-state index contributed by atoms with van der Waals surface area (Å²) >= 11 is 0. The van der Waals surface area contributed by atoms with Gasteiger partial charge >= 0.3 is 12.1 Å². The van der Waals surface area contributed by atoms with E-state index in [0.717, 1.165) is 0 Å². The van der Waals surface area contributed by atoms with E-state index in [1.54, 1.807) is 0 Å². The van der Waals surface area contributed by atoms with Crippen molar-refractivity contribution in [3.63, 3.8) is 0 Å². The normalized spacial score (nSPS) is 21.8. The van der Waals surface area contributed by atoms with Gasteiger partial charge in [-0.25, -0.2) is 9.59 Å². The van der Waals surface area contributed by atoms with Gasteiger partial charge in [0.1, 0.15) is 6.04 Å². The van der Waals surface area contributed by atoms with Crippen LogP contribution in [0, 0.1) is 0 Å². The Morgan fingerprint density at radius 2 is 2.25 bits per heavy atom. The molecule has 12 heavy (non-hydrogen) atoms. The van der Waals surface area contributed by atoms with Crippen LogP contribution in [0.25, 0.3) is 0 Å². The summed E-state index contributed by atoms with van der Waals surface area (Å²) in [7, 11) is 0. The molecular formula is C6H8N2O4. The molecule has 1 atom stereocenters. The lowest BCUT2D eigenvalue weighted by molar-refractivity contribution is -0.135. The van der Waals surface area contributed by atoms with Crippen LogP contribution < -0.4 is 11.1 Å². The van der Waals surface area contributed by atoms with Crippen molar-refractivity contribution in [3.8, 4) is 0 Å². The fourth-order valence-corrected chi connectivity index (χ4v) is 0.870. The average molecular weight is 172 g/mol. The summed E-state index contributed by atoms with van der Waals surface area (Å²) < 4.78 is 4.17. The number of carbonyl (C=O) groups excluding carboxylic acids is 3. The van der Waals surface area contributed by atoms with Crippen LogP contribution in [0.2, 0.25) is 0 Å². The van der Waals surface area contributed by atoms with Gasteiger partial charge in [0.15, 0.2) is 0 Å². The smallest absolute Gasteiger partial charge is 0.375 e. The molecule has 6 heteroatoms. The predicted molar refractivity (Wildman–Crippen MR) is 36.8 cm³/mol. The molecule has 1 fully saturated rings. The number of alkyl carbamates (subject to hydrolysis) is 1. The number of hydrogen-bond donors (Lipinski definition) is 2. The highest BCUT2D eigenvalue weighted by atomic mass is 16.6. The molecule has 0 saturated carbocycles. The highest BCUT2D eigenvalue weighted by Gasteiger charge is 2.31. The Labute approximate surface area is 68.0 Å². The third-order valence-corrected chi connectivity index (χ3v) is 1.45. The number of amides is 2. The Balaban J connectivity index is 2.38. The third-order valence-electron chi connectivity index (χ3n) is 1.45. The monoisotopic (exact) mass is 172 g/mol. The topological polar surface area (TPSA) is 98.5 Å². The van der Waals surface area contributed by atoms with Gasteiger partial charge in [0.05, 0.1) is 0 Å². The first kappa shape index (κ1) is 8.51. The summed E-state index contributed by atoms with van der Waals surface area (Å²) in [4.78, 5) is 31.5. The van der Waals surface area contributed by atoms with Crippen molar-refractivity contribution in [1.29, 1.82) is 0 Å². The molecule has 0 aliphatic carbocycles. The maximum atomic E-state index is 10.7. The van der Waals surface area contributed by atoms with Gasteiger partial charge in [0.25, 0.3) is 0 Å². The van der Waals surface area contributed by atoms with Crippen LogP contribution in [0.15, 0.2) is 0 Å². The van der Waals surface area contributed by atoms with E-state index in [1.807, 2.05) is 0 Å². The second-order valence-electron chi connectivity index (χ2n) is 2.41. The first-order valence-electron chi connectivity index (χ1n) is 3.40. The van der Waals surface area contributed by atoms with Crippen LogP contribution in [-0.4, -0.2) is 24.0 Å². The van der Waals surface area contributed by atoms with E-state index in [4.69, 9.17) is 5.73 Å². The lowest BCUT2D eigenvalue weighted by Gasteiger charge is -2.01. The maximum absolute atomic E-state index is 10.7. The van der Waals surface area contributed by atoms with E-state index in [2.05, 4.69) is 10.1 Å². The minimum absolute atomic E-state index is 0.0556. The van der Waals surface area contributed by atoms with E-state index in [0.29, 0.717) is 0 Å². The number of nitrogens with two attached hydrogens (primary N) is 1. The standard InChI is InChI=1S/C6H8N2O4/c7-4(9)2-1-3-5(10)12-6(11)8-3/h3H,1-2H2,(H2,7,9)(H,8,11). The molecule has 0 bridgehead atoms. The fourth-order valence-electron chi connectivity index (χ4n) is 0.870. The van der Waals surface area contributed by atoms with Crippen molar-refractivity contribution in [2.45, 2.75) is 18.9 Å². The molecule has 1 unspecified atom stereocenters. The summed E-state index contributed by atoms with van der Waals surface area (Å²) in [5.74, 6) is -1.16. The third kappa shape index (κ3) is 1.94. The highest BCUT2D eigenvalue weighted by molar-refractivity contribution is 5.95. The first-order chi connectivity index (χ1) is 5.59. The minimum Gasteiger partial charge on any atom is -0.375 e. The number of cyclic esters (lactones) is 2. The molecule has 1 aliphatic heterocycles. The Morgan fingerprint density at radius 3 is 2.67 bits per heavy atom. The molecule has 1 heterocycles. The summed E-state index contributed by atoms with van der Waals surface area (Å²) in [6.07, 6.45) is -0.519. The van der Waals surface area contributed by atoms with Gasteiger partial charge in [-0.05, 0) is 6.42 Å². The predicted octanol–water partition coefficient (Wildman–Crippen LogP) is -1.11. The summed E-state index contributed by atoms with van der Waals surface area (Å²) in [6, 6.07) is -0.718. The van der Waals surface area contributed by atoms with E-state index in [-0.39, 0.29) is 12.8 Å². The molecule has 66 valence electrons. The van der Waals surface area contributed by atoms with Gasteiger partial charge < -0.3 is 15.8 Å². The molecule has 0 aromatic rings. The van der Waals surface area contributed by atoms with E-state index in [9.17, 15) is 14.4 Å². The molecule has 0 radical (unpaired) electrons. The molecule has 1 rings (SSSR count). The van der Waals surface area contributed by atoms with Crippen LogP contribution in [-0.2, 0) is 14.3 Å². The zero-order valence-corrected chi connectivity index (χ0v) is 6.20. The van der Waals surface area contributed by atoms with Gasteiger partial charge in [-0.3, -0.25) is 4.79 Å². The van der Waals surface area contributed by atoms with Gasteiger partial charge in [0, 0.05) is 6.42 Å². The van der Waals surface area contributed by atoms with E-state index >= 15 is 0 Å². The van der Waals surface area contributed by atoms with Gasteiger partial charge in [-0.2, -0.15) is 0 Å². The summed E-state index contributed by atoms with van der Waals surface area (Å²) in [6.45, 7) is 0. The number of primary amides is 1.